The number of amides is 2. The minimum absolute atomic E-state index is 0.185. The number of para-hydroxylation sites is 1. The van der Waals surface area contributed by atoms with Gasteiger partial charge in [-0.25, -0.2) is 0 Å². The first kappa shape index (κ1) is 14.6. The lowest BCUT2D eigenvalue weighted by atomic mass is 10.0. The second-order valence-corrected chi connectivity index (χ2v) is 5.47. The summed E-state index contributed by atoms with van der Waals surface area (Å²) in [5, 5.41) is 0. The van der Waals surface area contributed by atoms with Gasteiger partial charge >= 0.3 is 0 Å². The molecule has 0 saturated carbocycles. The van der Waals surface area contributed by atoms with E-state index < -0.39 is 0 Å². The monoisotopic (exact) mass is 300 g/mol. The van der Waals surface area contributed by atoms with Crippen LogP contribution in [0.25, 0.3) is 5.57 Å². The van der Waals surface area contributed by atoms with Crippen LogP contribution in [0.5, 0.6) is 5.75 Å². The average Bonchev–Trinajstić information content (AvgIpc) is 3.13. The third-order valence-electron chi connectivity index (χ3n) is 4.26. The summed E-state index contributed by atoms with van der Waals surface area (Å²) in [4.78, 5) is 28.8. The van der Waals surface area contributed by atoms with Gasteiger partial charge in [-0.1, -0.05) is 18.2 Å². The molecule has 2 heterocycles. The number of likely N-dealkylation sites (tertiary alicyclic amines) is 1. The van der Waals surface area contributed by atoms with Gasteiger partial charge in [0.25, 0.3) is 11.8 Å². The molecule has 0 spiro atoms. The summed E-state index contributed by atoms with van der Waals surface area (Å²) in [5.74, 6) is 0.211. The van der Waals surface area contributed by atoms with Crippen molar-refractivity contribution in [2.45, 2.75) is 19.8 Å². The van der Waals surface area contributed by atoms with Crippen LogP contribution >= 0.6 is 0 Å². The zero-order chi connectivity index (χ0) is 15.7. The Kier molecular flexibility index (Phi) is 3.88. The molecule has 0 N–H and O–H groups in total. The maximum absolute atomic E-state index is 12.7. The Morgan fingerprint density at radius 1 is 1.09 bits per heavy atom. The molecule has 0 bridgehead atoms. The van der Waals surface area contributed by atoms with E-state index in [1.807, 2.05) is 36.1 Å². The zero-order valence-electron chi connectivity index (χ0n) is 13.0. The molecule has 1 aromatic rings. The number of methoxy groups -OCH3 is 1. The van der Waals surface area contributed by atoms with Crippen molar-refractivity contribution in [2.24, 2.45) is 0 Å². The number of hydrogen-bond donors (Lipinski definition) is 0. The fraction of sp³-hybridized carbons (Fsp3) is 0.412. The number of imide groups is 1. The SMILES string of the molecule is CCN1C(=O)C(c2ccccc2OC)=C(N2CCCC2)C1=O. The Labute approximate surface area is 130 Å². The normalized spacial score (nSPS) is 18.6. The predicted molar refractivity (Wildman–Crippen MR) is 83.1 cm³/mol. The summed E-state index contributed by atoms with van der Waals surface area (Å²) in [7, 11) is 1.58. The Morgan fingerprint density at radius 3 is 2.41 bits per heavy atom. The van der Waals surface area contributed by atoms with Crippen LogP contribution in [0.2, 0.25) is 0 Å². The summed E-state index contributed by atoms with van der Waals surface area (Å²) < 4.78 is 5.39. The van der Waals surface area contributed by atoms with Gasteiger partial charge in [0.05, 0.1) is 12.7 Å². The van der Waals surface area contributed by atoms with Crippen molar-refractivity contribution in [1.82, 2.24) is 9.80 Å². The molecule has 1 aromatic carbocycles. The molecular weight excluding hydrogens is 280 g/mol. The Balaban J connectivity index is 2.17. The molecule has 22 heavy (non-hydrogen) atoms. The van der Waals surface area contributed by atoms with Crippen LogP contribution in [0, 0.1) is 0 Å². The summed E-state index contributed by atoms with van der Waals surface area (Å²) in [6.07, 6.45) is 2.10. The van der Waals surface area contributed by atoms with Crippen molar-refractivity contribution in [3.05, 3.63) is 35.5 Å². The molecule has 0 unspecified atom stereocenters. The average molecular weight is 300 g/mol. The zero-order valence-corrected chi connectivity index (χ0v) is 13.0. The number of ether oxygens (including phenoxy) is 1. The van der Waals surface area contributed by atoms with Gasteiger partial charge in [-0.2, -0.15) is 0 Å². The number of hydrogen-bond acceptors (Lipinski definition) is 4. The topological polar surface area (TPSA) is 49.9 Å². The van der Waals surface area contributed by atoms with E-state index in [-0.39, 0.29) is 11.8 Å². The highest BCUT2D eigenvalue weighted by Gasteiger charge is 2.42. The van der Waals surface area contributed by atoms with Gasteiger partial charge in [0, 0.05) is 25.2 Å². The van der Waals surface area contributed by atoms with Gasteiger partial charge in [0.2, 0.25) is 0 Å². The van der Waals surface area contributed by atoms with E-state index in [1.54, 1.807) is 7.11 Å². The van der Waals surface area contributed by atoms with E-state index in [0.29, 0.717) is 29.1 Å². The Hall–Kier alpha value is -2.30. The van der Waals surface area contributed by atoms with Crippen molar-refractivity contribution < 1.29 is 14.3 Å². The molecule has 2 aliphatic heterocycles. The highest BCUT2D eigenvalue weighted by atomic mass is 16.5. The quantitative estimate of drug-likeness (QED) is 0.797. The summed E-state index contributed by atoms with van der Waals surface area (Å²) >= 11 is 0. The molecule has 3 rings (SSSR count). The Bertz CT molecular complexity index is 645. The van der Waals surface area contributed by atoms with E-state index in [1.165, 1.54) is 4.90 Å². The minimum Gasteiger partial charge on any atom is -0.496 e. The lowest BCUT2D eigenvalue weighted by molar-refractivity contribution is -0.137. The van der Waals surface area contributed by atoms with Crippen molar-refractivity contribution in [3.63, 3.8) is 0 Å². The smallest absolute Gasteiger partial charge is 0.277 e. The van der Waals surface area contributed by atoms with Crippen LogP contribution in [0.3, 0.4) is 0 Å². The third kappa shape index (κ3) is 2.17. The van der Waals surface area contributed by atoms with Crippen LogP contribution in [-0.4, -0.2) is 48.4 Å². The lowest BCUT2D eigenvalue weighted by Gasteiger charge is -2.19. The van der Waals surface area contributed by atoms with Gasteiger partial charge in [-0.3, -0.25) is 14.5 Å². The first-order valence-corrected chi connectivity index (χ1v) is 7.67. The number of benzene rings is 1. The van der Waals surface area contributed by atoms with E-state index in [0.717, 1.165) is 25.9 Å². The summed E-state index contributed by atoms with van der Waals surface area (Å²) in [5.41, 5.74) is 1.71. The lowest BCUT2D eigenvalue weighted by Crippen LogP contribution is -2.34. The van der Waals surface area contributed by atoms with Gasteiger partial charge < -0.3 is 9.64 Å². The molecule has 5 heteroatoms. The first-order chi connectivity index (χ1) is 10.7. The first-order valence-electron chi connectivity index (χ1n) is 7.67. The molecule has 5 nitrogen and oxygen atoms in total. The van der Waals surface area contributed by atoms with Gasteiger partial charge in [0.15, 0.2) is 0 Å². The number of carbonyl (C=O) groups is 2. The molecular formula is C17H20N2O3. The largest absolute Gasteiger partial charge is 0.496 e. The summed E-state index contributed by atoms with van der Waals surface area (Å²) in [6.45, 7) is 3.85. The summed E-state index contributed by atoms with van der Waals surface area (Å²) in [6, 6.07) is 7.38. The van der Waals surface area contributed by atoms with Crippen LogP contribution < -0.4 is 4.74 Å². The van der Waals surface area contributed by atoms with Crippen molar-refractivity contribution in [2.75, 3.05) is 26.7 Å². The fourth-order valence-electron chi connectivity index (χ4n) is 3.18. The molecule has 2 aliphatic rings. The number of rotatable bonds is 4. The van der Waals surface area contributed by atoms with E-state index in [4.69, 9.17) is 4.74 Å². The maximum atomic E-state index is 12.7. The maximum Gasteiger partial charge on any atom is 0.277 e. The molecule has 1 fully saturated rings. The number of nitrogens with zero attached hydrogens (tertiary/aromatic N) is 2. The fourth-order valence-corrected chi connectivity index (χ4v) is 3.18. The van der Waals surface area contributed by atoms with Crippen molar-refractivity contribution >= 4 is 17.4 Å². The number of likely N-dealkylation sites (N-methyl/N-ethyl adjacent to an activating group) is 1. The highest BCUT2D eigenvalue weighted by Crippen LogP contribution is 2.36. The van der Waals surface area contributed by atoms with Crippen LogP contribution in [-0.2, 0) is 9.59 Å². The van der Waals surface area contributed by atoms with E-state index in [2.05, 4.69) is 0 Å². The van der Waals surface area contributed by atoms with Crippen LogP contribution in [0.1, 0.15) is 25.3 Å². The molecule has 1 saturated heterocycles. The molecule has 116 valence electrons. The van der Waals surface area contributed by atoms with Gasteiger partial charge in [-0.05, 0) is 25.8 Å². The molecule has 0 aliphatic carbocycles. The Morgan fingerprint density at radius 2 is 1.77 bits per heavy atom. The molecule has 0 aromatic heterocycles. The molecule has 0 atom stereocenters. The predicted octanol–water partition coefficient (Wildman–Crippen LogP) is 1.89. The highest BCUT2D eigenvalue weighted by molar-refractivity contribution is 6.36. The van der Waals surface area contributed by atoms with Crippen LogP contribution in [0.4, 0.5) is 0 Å². The van der Waals surface area contributed by atoms with E-state index in [9.17, 15) is 9.59 Å². The second kappa shape index (κ2) is 5.83. The molecule has 0 radical (unpaired) electrons. The van der Waals surface area contributed by atoms with Crippen molar-refractivity contribution in [1.29, 1.82) is 0 Å². The number of carbonyl (C=O) groups excluding carboxylic acids is 2. The third-order valence-corrected chi connectivity index (χ3v) is 4.26. The molecule has 2 amide bonds. The van der Waals surface area contributed by atoms with Crippen molar-refractivity contribution in [3.8, 4) is 5.75 Å². The standard InChI is InChI=1S/C17H20N2O3/c1-3-19-16(20)14(12-8-4-5-9-13(12)22-2)15(17(19)21)18-10-6-7-11-18/h4-5,8-9H,3,6-7,10-11H2,1-2H3. The van der Waals surface area contributed by atoms with Gasteiger partial charge in [-0.15, -0.1) is 0 Å². The van der Waals surface area contributed by atoms with Gasteiger partial charge in [0.1, 0.15) is 11.4 Å². The van der Waals surface area contributed by atoms with E-state index >= 15 is 0 Å². The van der Waals surface area contributed by atoms with Crippen LogP contribution in [0.15, 0.2) is 30.0 Å². The second-order valence-electron chi connectivity index (χ2n) is 5.47. The minimum atomic E-state index is -0.223.